The molecule has 0 aliphatic carbocycles. The number of carbonyl (C=O) groups is 1. The van der Waals surface area contributed by atoms with Crippen molar-refractivity contribution >= 4 is 39.7 Å². The van der Waals surface area contributed by atoms with E-state index in [0.717, 1.165) is 46.7 Å². The van der Waals surface area contributed by atoms with Gasteiger partial charge in [0.2, 0.25) is 5.82 Å². The monoisotopic (exact) mass is 449 g/mol. The van der Waals surface area contributed by atoms with Crippen LogP contribution in [0.3, 0.4) is 0 Å². The number of carboxylic acid groups (broad SMARTS) is 1. The standard InChI is InChI=1S/C18H17ClFN7O2S/c19-13-2-1-12(20)3-14(13)25-5-10-7-26(8-11(10)6-25)18-21-4-15(30-18)17-22-24-27(23-17)9-16(28)29/h1-4,10-11H,5-9H2,(H,28,29). The summed E-state index contributed by atoms with van der Waals surface area (Å²) in [5, 5.41) is 22.0. The first-order valence-electron chi connectivity index (χ1n) is 9.37. The number of carboxylic acids is 1. The molecule has 3 aromatic rings. The second-order valence-corrected chi connectivity index (χ2v) is 8.89. The maximum absolute atomic E-state index is 13.6. The third-order valence-electron chi connectivity index (χ3n) is 5.45. The van der Waals surface area contributed by atoms with E-state index >= 15 is 0 Å². The lowest BCUT2D eigenvalue weighted by Gasteiger charge is -2.23. The molecule has 2 atom stereocenters. The van der Waals surface area contributed by atoms with E-state index in [0.29, 0.717) is 22.7 Å². The second kappa shape index (κ2) is 7.47. The first-order chi connectivity index (χ1) is 14.5. The van der Waals surface area contributed by atoms with Gasteiger partial charge in [0.05, 0.1) is 21.8 Å². The molecule has 12 heteroatoms. The van der Waals surface area contributed by atoms with Gasteiger partial charge in [0.25, 0.3) is 0 Å². The van der Waals surface area contributed by atoms with Crippen molar-refractivity contribution in [2.75, 3.05) is 36.0 Å². The van der Waals surface area contributed by atoms with Gasteiger partial charge in [0, 0.05) is 38.0 Å². The van der Waals surface area contributed by atoms with Crippen molar-refractivity contribution in [3.05, 3.63) is 35.2 Å². The fourth-order valence-corrected chi connectivity index (χ4v) is 5.21. The molecular weight excluding hydrogens is 433 g/mol. The molecule has 2 aliphatic heterocycles. The van der Waals surface area contributed by atoms with Crippen molar-refractivity contribution in [2.45, 2.75) is 6.54 Å². The zero-order valence-corrected chi connectivity index (χ0v) is 17.2. The number of aliphatic carboxylic acids is 1. The molecule has 2 fully saturated rings. The summed E-state index contributed by atoms with van der Waals surface area (Å²) in [4.78, 5) is 21.5. The van der Waals surface area contributed by atoms with Crippen LogP contribution in [0.5, 0.6) is 0 Å². The predicted molar refractivity (Wildman–Crippen MR) is 109 cm³/mol. The van der Waals surface area contributed by atoms with Crippen LogP contribution in [0.25, 0.3) is 10.7 Å². The van der Waals surface area contributed by atoms with Gasteiger partial charge in [-0.25, -0.2) is 9.37 Å². The summed E-state index contributed by atoms with van der Waals surface area (Å²) in [6, 6.07) is 4.47. The van der Waals surface area contributed by atoms with Crippen LogP contribution in [0.15, 0.2) is 24.4 Å². The fraction of sp³-hybridized carbons (Fsp3) is 0.389. The number of anilines is 2. The van der Waals surface area contributed by atoms with E-state index in [-0.39, 0.29) is 12.4 Å². The SMILES string of the molecule is O=C(O)Cn1nnc(-c2cnc(N3CC4CN(c5cc(F)ccc5Cl)CC4C3)s2)n1. The van der Waals surface area contributed by atoms with Crippen LogP contribution in [0.1, 0.15) is 0 Å². The molecule has 2 saturated heterocycles. The molecule has 1 N–H and O–H groups in total. The van der Waals surface area contributed by atoms with Gasteiger partial charge in [-0.05, 0) is 23.4 Å². The lowest BCUT2D eigenvalue weighted by atomic mass is 10.0. The third kappa shape index (κ3) is 3.58. The molecule has 0 amide bonds. The molecule has 5 rings (SSSR count). The van der Waals surface area contributed by atoms with Gasteiger partial charge >= 0.3 is 5.97 Å². The number of rotatable bonds is 5. The molecule has 2 unspecified atom stereocenters. The van der Waals surface area contributed by atoms with Crippen LogP contribution in [-0.4, -0.2) is 62.4 Å². The molecule has 0 bridgehead atoms. The van der Waals surface area contributed by atoms with Crippen LogP contribution in [0, 0.1) is 17.7 Å². The summed E-state index contributed by atoms with van der Waals surface area (Å²) in [6.07, 6.45) is 1.69. The van der Waals surface area contributed by atoms with E-state index in [1.54, 1.807) is 12.3 Å². The van der Waals surface area contributed by atoms with Gasteiger partial charge < -0.3 is 14.9 Å². The van der Waals surface area contributed by atoms with Crippen molar-refractivity contribution < 1.29 is 14.3 Å². The Bertz CT molecular complexity index is 1090. The van der Waals surface area contributed by atoms with Crippen LogP contribution < -0.4 is 9.80 Å². The molecule has 4 heterocycles. The Hall–Kier alpha value is -2.79. The number of thiazole rings is 1. The average molecular weight is 450 g/mol. The summed E-state index contributed by atoms with van der Waals surface area (Å²) >= 11 is 7.73. The number of nitrogens with zero attached hydrogens (tertiary/aromatic N) is 7. The topological polar surface area (TPSA) is 100 Å². The lowest BCUT2D eigenvalue weighted by molar-refractivity contribution is -0.138. The lowest BCUT2D eigenvalue weighted by Crippen LogP contribution is -2.28. The Morgan fingerprint density at radius 2 is 1.97 bits per heavy atom. The molecule has 0 radical (unpaired) electrons. The van der Waals surface area contributed by atoms with E-state index < -0.39 is 5.97 Å². The molecule has 9 nitrogen and oxygen atoms in total. The molecule has 156 valence electrons. The maximum atomic E-state index is 13.6. The van der Waals surface area contributed by atoms with Crippen molar-refractivity contribution in [3.63, 3.8) is 0 Å². The fourth-order valence-electron chi connectivity index (χ4n) is 4.12. The summed E-state index contributed by atoms with van der Waals surface area (Å²) < 4.78 is 13.6. The largest absolute Gasteiger partial charge is 0.480 e. The van der Waals surface area contributed by atoms with Crippen LogP contribution in [0.2, 0.25) is 5.02 Å². The van der Waals surface area contributed by atoms with Crippen molar-refractivity contribution in [1.29, 1.82) is 0 Å². The Morgan fingerprint density at radius 3 is 2.70 bits per heavy atom. The molecule has 2 aliphatic rings. The van der Waals surface area contributed by atoms with Gasteiger partial charge in [-0.1, -0.05) is 22.9 Å². The summed E-state index contributed by atoms with van der Waals surface area (Å²) in [5.74, 6) is -0.0396. The van der Waals surface area contributed by atoms with Gasteiger partial charge in [0.1, 0.15) is 5.82 Å². The van der Waals surface area contributed by atoms with Gasteiger partial charge in [0.15, 0.2) is 11.7 Å². The highest BCUT2D eigenvalue weighted by Gasteiger charge is 2.41. The maximum Gasteiger partial charge on any atom is 0.327 e. The first-order valence-corrected chi connectivity index (χ1v) is 10.6. The third-order valence-corrected chi connectivity index (χ3v) is 6.82. The van der Waals surface area contributed by atoms with Crippen molar-refractivity contribution in [1.82, 2.24) is 25.2 Å². The Balaban J connectivity index is 1.25. The van der Waals surface area contributed by atoms with Crippen LogP contribution in [0.4, 0.5) is 15.2 Å². The minimum atomic E-state index is -1.03. The predicted octanol–water partition coefficient (Wildman–Crippen LogP) is 2.25. The Kier molecular flexibility index (Phi) is 4.78. The normalized spacial score (nSPS) is 20.7. The smallest absolute Gasteiger partial charge is 0.327 e. The van der Waals surface area contributed by atoms with E-state index in [1.165, 1.54) is 23.5 Å². The molecule has 30 heavy (non-hydrogen) atoms. The molecular formula is C18H17ClFN7O2S. The van der Waals surface area contributed by atoms with Gasteiger partial charge in [-0.15, -0.1) is 10.2 Å². The quantitative estimate of drug-likeness (QED) is 0.633. The number of hydrogen-bond donors (Lipinski definition) is 1. The average Bonchev–Trinajstić information content (AvgIpc) is 3.44. The first kappa shape index (κ1) is 19.2. The highest BCUT2D eigenvalue weighted by atomic mass is 35.5. The highest BCUT2D eigenvalue weighted by Crippen LogP contribution is 2.40. The zero-order valence-electron chi connectivity index (χ0n) is 15.6. The van der Waals surface area contributed by atoms with Gasteiger partial charge in [-0.3, -0.25) is 4.79 Å². The van der Waals surface area contributed by atoms with Crippen molar-refractivity contribution in [3.8, 4) is 10.7 Å². The number of tetrazole rings is 1. The van der Waals surface area contributed by atoms with E-state index in [2.05, 4.69) is 30.2 Å². The summed E-state index contributed by atoms with van der Waals surface area (Å²) in [6.45, 7) is 3.04. The Labute approximate surface area is 179 Å². The minimum absolute atomic E-state index is 0.280. The van der Waals surface area contributed by atoms with E-state index in [1.807, 2.05) is 0 Å². The molecule has 1 aromatic carbocycles. The van der Waals surface area contributed by atoms with Gasteiger partial charge in [-0.2, -0.15) is 4.80 Å². The molecule has 0 saturated carbocycles. The number of hydrogen-bond acceptors (Lipinski definition) is 8. The molecule has 0 spiro atoms. The van der Waals surface area contributed by atoms with E-state index in [4.69, 9.17) is 16.7 Å². The highest BCUT2D eigenvalue weighted by molar-refractivity contribution is 7.18. The van der Waals surface area contributed by atoms with Crippen molar-refractivity contribution in [2.24, 2.45) is 11.8 Å². The second-order valence-electron chi connectivity index (χ2n) is 7.47. The van der Waals surface area contributed by atoms with Crippen LogP contribution >= 0.6 is 22.9 Å². The number of aromatic nitrogens is 5. The minimum Gasteiger partial charge on any atom is -0.480 e. The Morgan fingerprint density at radius 1 is 1.23 bits per heavy atom. The zero-order chi connectivity index (χ0) is 20.8. The molecule has 2 aromatic heterocycles. The number of fused-ring (bicyclic) bond motifs is 1. The summed E-state index contributed by atoms with van der Waals surface area (Å²) in [5.41, 5.74) is 0.754. The van der Waals surface area contributed by atoms with Crippen LogP contribution in [-0.2, 0) is 11.3 Å². The number of benzene rings is 1. The van der Waals surface area contributed by atoms with E-state index in [9.17, 15) is 9.18 Å². The summed E-state index contributed by atoms with van der Waals surface area (Å²) in [7, 11) is 0. The number of halogens is 2.